The number of Topliss-reactive ketones (excluding diaryl/α,β-unsaturated/α-hetero) is 1. The summed E-state index contributed by atoms with van der Waals surface area (Å²) in [6.07, 6.45) is 3.23. The van der Waals surface area contributed by atoms with E-state index in [-0.39, 0.29) is 12.4 Å². The number of carbonyl (C=O) groups is 1. The second-order valence-corrected chi connectivity index (χ2v) is 4.88. The molecule has 0 saturated carbocycles. The number of aryl methyl sites for hydroxylation is 1. The summed E-state index contributed by atoms with van der Waals surface area (Å²) >= 11 is 0. The van der Waals surface area contributed by atoms with Crippen LogP contribution < -0.4 is 0 Å². The van der Waals surface area contributed by atoms with Crippen LogP contribution in [-0.4, -0.2) is 5.78 Å². The molecule has 1 aliphatic carbocycles. The maximum absolute atomic E-state index is 11.9. The van der Waals surface area contributed by atoms with Gasteiger partial charge in [0.05, 0.1) is 0 Å². The van der Waals surface area contributed by atoms with Crippen molar-refractivity contribution in [2.75, 3.05) is 0 Å². The van der Waals surface area contributed by atoms with E-state index in [0.717, 1.165) is 18.4 Å². The van der Waals surface area contributed by atoms with Crippen molar-refractivity contribution in [3.63, 3.8) is 0 Å². The van der Waals surface area contributed by atoms with Gasteiger partial charge in [0.2, 0.25) is 0 Å². The van der Waals surface area contributed by atoms with Gasteiger partial charge in [-0.05, 0) is 35.1 Å². The Hall–Kier alpha value is -1.60. The molecule has 2 aromatic rings. The normalized spacial score (nSPS) is 14.2. The van der Waals surface area contributed by atoms with Gasteiger partial charge in [-0.1, -0.05) is 48.5 Å². The Morgan fingerprint density at radius 2 is 1.32 bits per heavy atom. The SMILES string of the molecule is Cl.O=C1CCCc2ccccc2-c2ccccc2C1. The molecule has 1 nitrogen and oxygen atoms in total. The largest absolute Gasteiger partial charge is 0.299 e. The molecule has 3 rings (SSSR count). The van der Waals surface area contributed by atoms with Gasteiger partial charge in [0.25, 0.3) is 0 Å². The van der Waals surface area contributed by atoms with Crippen LogP contribution in [0.2, 0.25) is 0 Å². The van der Waals surface area contributed by atoms with Gasteiger partial charge >= 0.3 is 0 Å². The van der Waals surface area contributed by atoms with Gasteiger partial charge in [0.1, 0.15) is 5.78 Å². The van der Waals surface area contributed by atoms with Crippen molar-refractivity contribution < 1.29 is 4.79 Å². The number of hydrogen-bond acceptors (Lipinski definition) is 1. The predicted molar refractivity (Wildman–Crippen MR) is 80.8 cm³/mol. The highest BCUT2D eigenvalue weighted by Gasteiger charge is 2.14. The Kier molecular flexibility index (Phi) is 4.39. The van der Waals surface area contributed by atoms with Crippen molar-refractivity contribution in [2.24, 2.45) is 0 Å². The van der Waals surface area contributed by atoms with E-state index in [2.05, 4.69) is 42.5 Å². The van der Waals surface area contributed by atoms with Gasteiger partial charge in [-0.15, -0.1) is 12.4 Å². The molecule has 0 bridgehead atoms. The molecule has 0 heterocycles. The first-order chi connectivity index (χ1) is 8.84. The Morgan fingerprint density at radius 3 is 2.05 bits per heavy atom. The number of halogens is 1. The highest BCUT2D eigenvalue weighted by molar-refractivity contribution is 5.85. The minimum absolute atomic E-state index is 0. The molecular weight excluding hydrogens is 256 g/mol. The van der Waals surface area contributed by atoms with Crippen LogP contribution in [0.1, 0.15) is 24.0 Å². The molecule has 0 atom stereocenters. The van der Waals surface area contributed by atoms with Gasteiger partial charge in [0.15, 0.2) is 0 Å². The van der Waals surface area contributed by atoms with E-state index >= 15 is 0 Å². The van der Waals surface area contributed by atoms with Crippen LogP contribution in [0, 0.1) is 0 Å². The van der Waals surface area contributed by atoms with Gasteiger partial charge in [0, 0.05) is 12.8 Å². The van der Waals surface area contributed by atoms with E-state index in [1.807, 2.05) is 6.07 Å². The van der Waals surface area contributed by atoms with Crippen LogP contribution in [0.3, 0.4) is 0 Å². The third-order valence-corrected chi connectivity index (χ3v) is 3.61. The van der Waals surface area contributed by atoms with E-state index in [1.165, 1.54) is 16.7 Å². The van der Waals surface area contributed by atoms with Crippen molar-refractivity contribution >= 4 is 18.2 Å². The smallest absolute Gasteiger partial charge is 0.137 e. The summed E-state index contributed by atoms with van der Waals surface area (Å²) in [5.74, 6) is 0.357. The second-order valence-electron chi connectivity index (χ2n) is 4.88. The van der Waals surface area contributed by atoms with Crippen molar-refractivity contribution in [2.45, 2.75) is 25.7 Å². The molecule has 0 aromatic heterocycles. The zero-order chi connectivity index (χ0) is 12.4. The zero-order valence-corrected chi connectivity index (χ0v) is 11.6. The summed E-state index contributed by atoms with van der Waals surface area (Å²) in [5, 5.41) is 0. The average Bonchev–Trinajstić information content (AvgIpc) is 2.46. The first-order valence-corrected chi connectivity index (χ1v) is 6.52. The number of fused-ring (bicyclic) bond motifs is 3. The molecule has 2 heteroatoms. The number of ketones is 1. The molecule has 0 unspecified atom stereocenters. The molecule has 98 valence electrons. The first kappa shape index (κ1) is 13.8. The summed E-state index contributed by atoms with van der Waals surface area (Å²) < 4.78 is 0. The van der Waals surface area contributed by atoms with Crippen LogP contribution in [0.5, 0.6) is 0 Å². The number of rotatable bonds is 0. The van der Waals surface area contributed by atoms with Crippen molar-refractivity contribution in [1.82, 2.24) is 0 Å². The lowest BCUT2D eigenvalue weighted by molar-refractivity contribution is -0.118. The fourth-order valence-corrected chi connectivity index (χ4v) is 2.72. The molecule has 0 saturated heterocycles. The summed E-state index contributed by atoms with van der Waals surface area (Å²) in [5.41, 5.74) is 5.04. The van der Waals surface area contributed by atoms with Gasteiger partial charge in [-0.2, -0.15) is 0 Å². The van der Waals surface area contributed by atoms with Gasteiger partial charge in [-0.25, -0.2) is 0 Å². The van der Waals surface area contributed by atoms with E-state index in [0.29, 0.717) is 18.6 Å². The van der Waals surface area contributed by atoms with Crippen molar-refractivity contribution in [3.05, 3.63) is 59.7 Å². The molecule has 0 amide bonds. The third-order valence-electron chi connectivity index (χ3n) is 3.61. The van der Waals surface area contributed by atoms with Crippen LogP contribution >= 0.6 is 12.4 Å². The average molecular weight is 273 g/mol. The monoisotopic (exact) mass is 272 g/mol. The number of benzene rings is 2. The lowest BCUT2D eigenvalue weighted by Crippen LogP contribution is -2.02. The molecule has 0 fully saturated rings. The highest BCUT2D eigenvalue weighted by atomic mass is 35.5. The molecular formula is C17H17ClO. The van der Waals surface area contributed by atoms with E-state index in [1.54, 1.807) is 0 Å². The lowest BCUT2D eigenvalue weighted by atomic mass is 9.93. The molecule has 19 heavy (non-hydrogen) atoms. The predicted octanol–water partition coefficient (Wildman–Crippen LogP) is 4.22. The molecule has 0 spiro atoms. The third kappa shape index (κ3) is 2.87. The van der Waals surface area contributed by atoms with Gasteiger partial charge in [-0.3, -0.25) is 4.79 Å². The van der Waals surface area contributed by atoms with Crippen LogP contribution in [-0.2, 0) is 17.6 Å². The quantitative estimate of drug-likeness (QED) is 0.702. The minimum atomic E-state index is 0. The highest BCUT2D eigenvalue weighted by Crippen LogP contribution is 2.30. The van der Waals surface area contributed by atoms with Crippen LogP contribution in [0.25, 0.3) is 11.1 Å². The molecule has 0 aliphatic heterocycles. The lowest BCUT2D eigenvalue weighted by Gasteiger charge is -2.11. The number of carbonyl (C=O) groups excluding carboxylic acids is 1. The van der Waals surface area contributed by atoms with Crippen molar-refractivity contribution in [1.29, 1.82) is 0 Å². The summed E-state index contributed by atoms with van der Waals surface area (Å²) in [6, 6.07) is 16.8. The standard InChI is InChI=1S/C17H16O.ClH/c18-15-9-5-8-13-6-1-3-10-16(13)17-11-4-2-7-14(17)12-15;/h1-4,6-7,10-11H,5,8-9,12H2;1H. The van der Waals surface area contributed by atoms with Crippen molar-refractivity contribution in [3.8, 4) is 11.1 Å². The number of hydrogen-bond donors (Lipinski definition) is 0. The Labute approximate surface area is 120 Å². The Morgan fingerprint density at radius 1 is 0.737 bits per heavy atom. The summed E-state index contributed by atoms with van der Waals surface area (Å²) in [4.78, 5) is 11.9. The van der Waals surface area contributed by atoms with E-state index < -0.39 is 0 Å². The first-order valence-electron chi connectivity index (χ1n) is 6.52. The summed E-state index contributed by atoms with van der Waals surface area (Å²) in [6.45, 7) is 0. The Balaban J connectivity index is 0.00000133. The molecule has 0 N–H and O–H groups in total. The Bertz CT molecular complexity index is 589. The second kappa shape index (κ2) is 6.03. The zero-order valence-electron chi connectivity index (χ0n) is 10.8. The minimum Gasteiger partial charge on any atom is -0.299 e. The molecule has 2 aromatic carbocycles. The van der Waals surface area contributed by atoms with E-state index in [4.69, 9.17) is 0 Å². The van der Waals surface area contributed by atoms with Gasteiger partial charge < -0.3 is 0 Å². The molecule has 1 aliphatic rings. The molecule has 0 radical (unpaired) electrons. The summed E-state index contributed by atoms with van der Waals surface area (Å²) in [7, 11) is 0. The maximum atomic E-state index is 11.9. The van der Waals surface area contributed by atoms with E-state index in [9.17, 15) is 4.79 Å². The fraction of sp³-hybridized carbons (Fsp3) is 0.235. The maximum Gasteiger partial charge on any atom is 0.137 e. The van der Waals surface area contributed by atoms with Crippen LogP contribution in [0.15, 0.2) is 48.5 Å². The fourth-order valence-electron chi connectivity index (χ4n) is 2.72. The topological polar surface area (TPSA) is 17.1 Å². The van der Waals surface area contributed by atoms with Crippen LogP contribution in [0.4, 0.5) is 0 Å².